The second-order valence-electron chi connectivity index (χ2n) is 6.85. The Labute approximate surface area is 184 Å². The maximum Gasteiger partial charge on any atom is 0.326 e. The fraction of sp³-hybridized carbons (Fsp3) is 0.250. The average Bonchev–Trinajstić information content (AvgIpc) is 3.03. The fourth-order valence-electron chi connectivity index (χ4n) is 2.98. The lowest BCUT2D eigenvalue weighted by Crippen LogP contribution is -2.23. The number of nitro benzene ring substituents is 2. The van der Waals surface area contributed by atoms with E-state index in [0.29, 0.717) is 5.52 Å². The molecule has 0 fully saturated rings. The van der Waals surface area contributed by atoms with E-state index in [1.54, 1.807) is 6.92 Å². The van der Waals surface area contributed by atoms with Crippen molar-refractivity contribution >= 4 is 44.8 Å². The van der Waals surface area contributed by atoms with E-state index in [-0.39, 0.29) is 23.5 Å². The molecule has 0 saturated carbocycles. The third-order valence-corrected chi connectivity index (χ3v) is 5.70. The molecule has 2 aromatic carbocycles. The average molecular weight is 458 g/mol. The van der Waals surface area contributed by atoms with Crippen molar-refractivity contribution in [2.75, 3.05) is 6.61 Å². The van der Waals surface area contributed by atoms with E-state index in [0.717, 1.165) is 45.4 Å². The molecule has 11 nitrogen and oxygen atoms in total. The molecular formula is C20H18N4O7S. The number of amides is 1. The van der Waals surface area contributed by atoms with Gasteiger partial charge >= 0.3 is 5.97 Å². The molecule has 0 atom stereocenters. The topological polar surface area (TPSA) is 147 Å². The molecule has 0 aliphatic rings. The van der Waals surface area contributed by atoms with Gasteiger partial charge in [0, 0.05) is 12.1 Å². The highest BCUT2D eigenvalue weighted by Crippen LogP contribution is 2.24. The minimum atomic E-state index is -0.908. The molecule has 1 amide bonds. The minimum Gasteiger partial charge on any atom is -0.465 e. The van der Waals surface area contributed by atoms with Gasteiger partial charge in [-0.05, 0) is 44.0 Å². The maximum atomic E-state index is 12.8. The smallest absolute Gasteiger partial charge is 0.326 e. The number of esters is 1. The summed E-state index contributed by atoms with van der Waals surface area (Å²) in [5, 5.41) is 22.2. The number of thiazole rings is 1. The van der Waals surface area contributed by atoms with E-state index in [9.17, 15) is 29.8 Å². The summed E-state index contributed by atoms with van der Waals surface area (Å²) in [6.45, 7) is 5.49. The molecule has 3 rings (SSSR count). The number of carbonyl (C=O) groups is 2. The van der Waals surface area contributed by atoms with Crippen LogP contribution in [0.5, 0.6) is 0 Å². The minimum absolute atomic E-state index is 0.164. The highest BCUT2D eigenvalue weighted by Gasteiger charge is 2.20. The van der Waals surface area contributed by atoms with Crippen LogP contribution in [0, 0.1) is 34.1 Å². The molecule has 0 N–H and O–H groups in total. The van der Waals surface area contributed by atoms with E-state index in [2.05, 4.69) is 4.99 Å². The number of aromatic nitrogens is 1. The van der Waals surface area contributed by atoms with Gasteiger partial charge in [0.2, 0.25) is 0 Å². The third kappa shape index (κ3) is 4.70. The molecule has 0 saturated heterocycles. The van der Waals surface area contributed by atoms with Crippen LogP contribution in [0.4, 0.5) is 11.4 Å². The van der Waals surface area contributed by atoms with Crippen LogP contribution in [-0.2, 0) is 16.1 Å². The van der Waals surface area contributed by atoms with Gasteiger partial charge in [0.05, 0.1) is 38.3 Å². The predicted molar refractivity (Wildman–Crippen MR) is 116 cm³/mol. The molecule has 0 bridgehead atoms. The van der Waals surface area contributed by atoms with Gasteiger partial charge < -0.3 is 9.30 Å². The van der Waals surface area contributed by atoms with Crippen LogP contribution in [0.1, 0.15) is 28.4 Å². The number of nitro groups is 2. The van der Waals surface area contributed by atoms with Crippen LogP contribution in [0.25, 0.3) is 10.2 Å². The molecule has 32 heavy (non-hydrogen) atoms. The molecular weight excluding hydrogens is 440 g/mol. The number of fused-ring (bicyclic) bond motifs is 1. The van der Waals surface area contributed by atoms with Gasteiger partial charge in [-0.25, -0.2) is 0 Å². The van der Waals surface area contributed by atoms with E-state index < -0.39 is 33.1 Å². The molecule has 1 heterocycles. The van der Waals surface area contributed by atoms with E-state index >= 15 is 0 Å². The Kier molecular flexibility index (Phi) is 6.44. The lowest BCUT2D eigenvalue weighted by molar-refractivity contribution is -0.394. The van der Waals surface area contributed by atoms with E-state index in [1.807, 2.05) is 26.0 Å². The molecule has 0 spiro atoms. The summed E-state index contributed by atoms with van der Waals surface area (Å²) >= 11 is 1.15. The quantitative estimate of drug-likeness (QED) is 0.312. The number of non-ortho nitro benzene ring substituents is 2. The van der Waals surface area contributed by atoms with Gasteiger partial charge in [0.1, 0.15) is 6.54 Å². The number of aryl methyl sites for hydroxylation is 2. The Hall–Kier alpha value is -3.93. The summed E-state index contributed by atoms with van der Waals surface area (Å²) in [7, 11) is 0. The van der Waals surface area contributed by atoms with Crippen molar-refractivity contribution in [1.82, 2.24) is 4.57 Å². The highest BCUT2D eigenvalue weighted by atomic mass is 32.1. The summed E-state index contributed by atoms with van der Waals surface area (Å²) in [4.78, 5) is 49.7. The standard InChI is InChI=1S/C20H18N4O7S/c1-4-31-18(25)10-22-16-5-11(2)12(3)6-17(16)32-20(22)21-19(26)13-7-14(23(27)28)9-15(8-13)24(29)30/h5-9H,4,10H2,1-3H3. The van der Waals surface area contributed by atoms with Crippen molar-refractivity contribution in [3.05, 3.63) is 72.1 Å². The Morgan fingerprint density at radius 2 is 1.62 bits per heavy atom. The van der Waals surface area contributed by atoms with Crippen molar-refractivity contribution in [3.8, 4) is 0 Å². The summed E-state index contributed by atoms with van der Waals surface area (Å²) in [6.07, 6.45) is 0. The summed E-state index contributed by atoms with van der Waals surface area (Å²) < 4.78 is 7.31. The van der Waals surface area contributed by atoms with Gasteiger partial charge in [-0.2, -0.15) is 4.99 Å². The Morgan fingerprint density at radius 1 is 1.03 bits per heavy atom. The van der Waals surface area contributed by atoms with Crippen molar-refractivity contribution in [3.63, 3.8) is 0 Å². The number of ether oxygens (including phenoxy) is 1. The van der Waals surface area contributed by atoms with Gasteiger partial charge in [-0.3, -0.25) is 29.8 Å². The number of nitrogens with zero attached hydrogens (tertiary/aromatic N) is 4. The second-order valence-corrected chi connectivity index (χ2v) is 7.86. The maximum absolute atomic E-state index is 12.8. The lowest BCUT2D eigenvalue weighted by Gasteiger charge is -2.06. The van der Waals surface area contributed by atoms with Crippen molar-refractivity contribution in [1.29, 1.82) is 0 Å². The summed E-state index contributed by atoms with van der Waals surface area (Å²) in [6, 6.07) is 6.38. The Morgan fingerprint density at radius 3 is 2.19 bits per heavy atom. The number of carbonyl (C=O) groups excluding carboxylic acids is 2. The van der Waals surface area contributed by atoms with Crippen molar-refractivity contribution < 1.29 is 24.2 Å². The fourth-order valence-corrected chi connectivity index (χ4v) is 4.08. The molecule has 3 aromatic rings. The number of hydrogen-bond donors (Lipinski definition) is 0. The predicted octanol–water partition coefficient (Wildman–Crippen LogP) is 3.44. The molecule has 0 aliphatic heterocycles. The molecule has 0 unspecified atom stereocenters. The van der Waals surface area contributed by atoms with E-state index in [4.69, 9.17) is 4.74 Å². The van der Waals surface area contributed by atoms with E-state index in [1.165, 1.54) is 4.57 Å². The van der Waals surface area contributed by atoms with Crippen LogP contribution in [0.2, 0.25) is 0 Å². The van der Waals surface area contributed by atoms with Gasteiger partial charge in [0.15, 0.2) is 4.80 Å². The second kappa shape index (κ2) is 9.06. The Bertz CT molecular complexity index is 1310. The number of benzene rings is 2. The first-order valence-corrected chi connectivity index (χ1v) is 10.2. The van der Waals surface area contributed by atoms with Crippen LogP contribution < -0.4 is 4.80 Å². The first kappa shape index (κ1) is 22.7. The van der Waals surface area contributed by atoms with Gasteiger partial charge in [0.25, 0.3) is 17.3 Å². The third-order valence-electron chi connectivity index (χ3n) is 4.66. The lowest BCUT2D eigenvalue weighted by atomic mass is 10.1. The van der Waals surface area contributed by atoms with Crippen molar-refractivity contribution in [2.24, 2.45) is 4.99 Å². The molecule has 0 radical (unpaired) electrons. The monoisotopic (exact) mass is 458 g/mol. The normalized spacial score (nSPS) is 11.5. The van der Waals surface area contributed by atoms with Crippen LogP contribution in [0.3, 0.4) is 0 Å². The summed E-state index contributed by atoms with van der Waals surface area (Å²) in [5.41, 5.74) is 1.15. The first-order valence-electron chi connectivity index (χ1n) is 9.39. The molecule has 12 heteroatoms. The van der Waals surface area contributed by atoms with Crippen molar-refractivity contribution in [2.45, 2.75) is 27.3 Å². The summed E-state index contributed by atoms with van der Waals surface area (Å²) in [5.74, 6) is -1.43. The SMILES string of the molecule is CCOC(=O)Cn1c(=NC(=O)c2cc([N+](=O)[O-])cc([N+](=O)[O-])c2)sc2cc(C)c(C)cc21. The molecule has 166 valence electrons. The zero-order valence-corrected chi connectivity index (χ0v) is 18.2. The Balaban J connectivity index is 2.19. The number of hydrogen-bond acceptors (Lipinski definition) is 8. The van der Waals surface area contributed by atoms with Gasteiger partial charge in [-0.1, -0.05) is 11.3 Å². The van der Waals surface area contributed by atoms with Crippen LogP contribution in [-0.4, -0.2) is 32.9 Å². The number of rotatable bonds is 6. The zero-order chi connectivity index (χ0) is 23.6. The highest BCUT2D eigenvalue weighted by molar-refractivity contribution is 7.16. The van der Waals surface area contributed by atoms with Gasteiger partial charge in [-0.15, -0.1) is 0 Å². The molecule has 1 aromatic heterocycles. The van der Waals surface area contributed by atoms with Crippen LogP contribution >= 0.6 is 11.3 Å². The zero-order valence-electron chi connectivity index (χ0n) is 17.4. The van der Waals surface area contributed by atoms with Crippen LogP contribution in [0.15, 0.2) is 35.3 Å². The molecule has 0 aliphatic carbocycles. The largest absolute Gasteiger partial charge is 0.465 e. The first-order chi connectivity index (χ1) is 15.1.